The summed E-state index contributed by atoms with van der Waals surface area (Å²) in [5, 5.41) is 6.89. The molecule has 1 amide bonds. The third-order valence-corrected chi connectivity index (χ3v) is 0.617. The Morgan fingerprint density at radius 2 is 2.20 bits per heavy atom. The number of carboxylic acid groups (broad SMARTS) is 1. The average Bonchev–Trinajstić information content (AvgIpc) is 1.91. The van der Waals surface area contributed by atoms with Gasteiger partial charge in [-0.1, -0.05) is 0 Å². The van der Waals surface area contributed by atoms with Crippen LogP contribution in [0.3, 0.4) is 0 Å². The number of hydrogen-bond donors (Lipinski definition) is 1. The average molecular weight is 142 g/mol. The molecule has 0 aromatic rings. The molecule has 1 aliphatic rings. The number of amides is 1. The fraction of sp³-hybridized carbons (Fsp3) is 0.200. The molecule has 0 atom stereocenters. The summed E-state index contributed by atoms with van der Waals surface area (Å²) in [5.74, 6) is -0.164. The van der Waals surface area contributed by atoms with Crippen molar-refractivity contribution in [1.29, 1.82) is 0 Å². The van der Waals surface area contributed by atoms with E-state index in [-0.39, 0.29) is 18.9 Å². The lowest BCUT2D eigenvalue weighted by Gasteiger charge is -1.88. The Kier molecular flexibility index (Phi) is 4.76. The van der Waals surface area contributed by atoms with Crippen molar-refractivity contribution in [2.24, 2.45) is 9.98 Å². The van der Waals surface area contributed by atoms with E-state index >= 15 is 0 Å². The SMILES string of the molecule is O=C1CN=CC=N1.O=CO. The van der Waals surface area contributed by atoms with Crippen LogP contribution in [0.5, 0.6) is 0 Å². The van der Waals surface area contributed by atoms with E-state index in [1.54, 1.807) is 0 Å². The van der Waals surface area contributed by atoms with Gasteiger partial charge in [0.25, 0.3) is 12.4 Å². The Morgan fingerprint density at radius 1 is 1.60 bits per heavy atom. The summed E-state index contributed by atoms with van der Waals surface area (Å²) in [4.78, 5) is 25.6. The van der Waals surface area contributed by atoms with E-state index < -0.39 is 0 Å². The van der Waals surface area contributed by atoms with Gasteiger partial charge in [-0.25, -0.2) is 4.99 Å². The molecule has 0 saturated heterocycles. The molecular weight excluding hydrogens is 136 g/mol. The lowest BCUT2D eigenvalue weighted by atomic mass is 10.5. The van der Waals surface area contributed by atoms with Crippen molar-refractivity contribution in [3.8, 4) is 0 Å². The minimum absolute atomic E-state index is 0.164. The summed E-state index contributed by atoms with van der Waals surface area (Å²) in [6.07, 6.45) is 2.91. The van der Waals surface area contributed by atoms with Crippen LogP contribution < -0.4 is 0 Å². The Hall–Kier alpha value is -1.52. The molecule has 1 rings (SSSR count). The van der Waals surface area contributed by atoms with Gasteiger partial charge in [0.15, 0.2) is 0 Å². The summed E-state index contributed by atoms with van der Waals surface area (Å²) in [5.41, 5.74) is 0. The van der Waals surface area contributed by atoms with E-state index in [1.807, 2.05) is 0 Å². The Morgan fingerprint density at radius 3 is 2.40 bits per heavy atom. The summed E-state index contributed by atoms with van der Waals surface area (Å²) >= 11 is 0. The van der Waals surface area contributed by atoms with Gasteiger partial charge in [-0.05, 0) is 0 Å². The van der Waals surface area contributed by atoms with Crippen molar-refractivity contribution in [2.45, 2.75) is 0 Å². The molecule has 0 bridgehead atoms. The first-order valence-electron chi connectivity index (χ1n) is 2.44. The highest BCUT2D eigenvalue weighted by atomic mass is 16.3. The van der Waals surface area contributed by atoms with Crippen LogP contribution in [0.25, 0.3) is 0 Å². The van der Waals surface area contributed by atoms with Crippen molar-refractivity contribution < 1.29 is 14.7 Å². The van der Waals surface area contributed by atoms with Crippen molar-refractivity contribution in [1.82, 2.24) is 0 Å². The van der Waals surface area contributed by atoms with Crippen molar-refractivity contribution in [3.05, 3.63) is 0 Å². The first kappa shape index (κ1) is 8.48. The molecule has 1 N–H and O–H groups in total. The zero-order chi connectivity index (χ0) is 7.82. The third-order valence-electron chi connectivity index (χ3n) is 0.617. The molecule has 54 valence electrons. The van der Waals surface area contributed by atoms with Gasteiger partial charge in [-0.15, -0.1) is 0 Å². The van der Waals surface area contributed by atoms with E-state index in [4.69, 9.17) is 9.90 Å². The first-order valence-corrected chi connectivity index (χ1v) is 2.44. The maximum atomic E-state index is 10.2. The molecule has 5 heteroatoms. The maximum absolute atomic E-state index is 10.2. The van der Waals surface area contributed by atoms with Crippen LogP contribution >= 0.6 is 0 Å². The van der Waals surface area contributed by atoms with Crippen LogP contribution in [-0.2, 0) is 9.59 Å². The molecule has 10 heavy (non-hydrogen) atoms. The van der Waals surface area contributed by atoms with Gasteiger partial charge in [0.2, 0.25) is 0 Å². The van der Waals surface area contributed by atoms with E-state index in [0.717, 1.165) is 0 Å². The van der Waals surface area contributed by atoms with Gasteiger partial charge < -0.3 is 5.11 Å². The van der Waals surface area contributed by atoms with Gasteiger partial charge in [-0.3, -0.25) is 14.6 Å². The van der Waals surface area contributed by atoms with E-state index in [0.29, 0.717) is 0 Å². The number of rotatable bonds is 0. The minimum Gasteiger partial charge on any atom is -0.483 e. The van der Waals surface area contributed by atoms with E-state index in [1.165, 1.54) is 12.4 Å². The van der Waals surface area contributed by atoms with Crippen LogP contribution in [0.15, 0.2) is 9.98 Å². The second-order valence-electron chi connectivity index (χ2n) is 1.27. The Balaban J connectivity index is 0.000000236. The number of carbonyl (C=O) groups is 2. The Bertz CT molecular complexity index is 174. The summed E-state index contributed by atoms with van der Waals surface area (Å²) in [6.45, 7) is -0.0313. The maximum Gasteiger partial charge on any atom is 0.290 e. The standard InChI is InChI=1S/C4H4N2O.CH2O2/c7-4-3-5-1-2-6-4;2-1-3/h1-2H,3H2;1H,(H,2,3). The molecule has 1 heterocycles. The smallest absolute Gasteiger partial charge is 0.290 e. The molecule has 0 fully saturated rings. The van der Waals surface area contributed by atoms with Crippen molar-refractivity contribution >= 4 is 24.8 Å². The first-order chi connectivity index (χ1) is 4.81. The fourth-order valence-corrected chi connectivity index (χ4v) is 0.335. The molecule has 0 saturated carbocycles. The van der Waals surface area contributed by atoms with Gasteiger partial charge in [0.05, 0.1) is 0 Å². The largest absolute Gasteiger partial charge is 0.483 e. The third kappa shape index (κ3) is 4.63. The topological polar surface area (TPSA) is 79.1 Å². The molecule has 0 radical (unpaired) electrons. The van der Waals surface area contributed by atoms with Gasteiger partial charge in [0, 0.05) is 12.4 Å². The molecular formula is C5H6N2O3. The number of aliphatic imine (C=N–C) groups is 2. The van der Waals surface area contributed by atoms with Crippen molar-refractivity contribution in [2.75, 3.05) is 6.54 Å². The second kappa shape index (κ2) is 5.61. The van der Waals surface area contributed by atoms with Gasteiger partial charge in [-0.2, -0.15) is 0 Å². The zero-order valence-electron chi connectivity index (χ0n) is 5.10. The molecule has 5 nitrogen and oxygen atoms in total. The number of nitrogens with zero attached hydrogens (tertiary/aromatic N) is 2. The molecule has 0 unspecified atom stereocenters. The highest BCUT2D eigenvalue weighted by Gasteiger charge is 1.94. The monoisotopic (exact) mass is 142 g/mol. The predicted molar refractivity (Wildman–Crippen MR) is 35.6 cm³/mol. The highest BCUT2D eigenvalue weighted by molar-refractivity contribution is 6.20. The molecule has 0 spiro atoms. The van der Waals surface area contributed by atoms with Crippen LogP contribution in [0.2, 0.25) is 0 Å². The minimum atomic E-state index is -0.250. The molecule has 1 aliphatic heterocycles. The van der Waals surface area contributed by atoms with Gasteiger partial charge in [0.1, 0.15) is 6.54 Å². The fourth-order valence-electron chi connectivity index (χ4n) is 0.335. The van der Waals surface area contributed by atoms with E-state index in [2.05, 4.69) is 9.98 Å². The summed E-state index contributed by atoms with van der Waals surface area (Å²) < 4.78 is 0. The molecule has 0 aliphatic carbocycles. The van der Waals surface area contributed by atoms with Crippen molar-refractivity contribution in [3.63, 3.8) is 0 Å². The van der Waals surface area contributed by atoms with Crippen LogP contribution in [0.1, 0.15) is 0 Å². The van der Waals surface area contributed by atoms with Crippen LogP contribution in [0.4, 0.5) is 0 Å². The van der Waals surface area contributed by atoms with Gasteiger partial charge >= 0.3 is 0 Å². The van der Waals surface area contributed by atoms with E-state index in [9.17, 15) is 4.79 Å². The predicted octanol–water partition coefficient (Wildman–Crippen LogP) is -0.631. The Labute approximate surface area is 57.1 Å². The molecule has 0 aromatic carbocycles. The normalized spacial score (nSPS) is 13.8. The number of carbonyl (C=O) groups excluding carboxylic acids is 1. The lowest BCUT2D eigenvalue weighted by Crippen LogP contribution is -2.03. The number of hydrogen-bond acceptors (Lipinski definition) is 3. The van der Waals surface area contributed by atoms with Crippen LogP contribution in [0, 0.1) is 0 Å². The quantitative estimate of drug-likeness (QED) is 0.457. The summed E-state index contributed by atoms with van der Waals surface area (Å²) in [6, 6.07) is 0. The zero-order valence-corrected chi connectivity index (χ0v) is 5.10. The second-order valence-corrected chi connectivity index (χ2v) is 1.27. The summed E-state index contributed by atoms with van der Waals surface area (Å²) in [7, 11) is 0. The molecule has 0 aromatic heterocycles. The lowest BCUT2D eigenvalue weighted by molar-refractivity contribution is -0.123. The van der Waals surface area contributed by atoms with Crippen LogP contribution in [-0.4, -0.2) is 36.5 Å². The highest BCUT2D eigenvalue weighted by Crippen LogP contribution is 1.78.